The van der Waals surface area contributed by atoms with Gasteiger partial charge in [-0.15, -0.1) is 0 Å². The number of rotatable bonds is 5. The van der Waals surface area contributed by atoms with Gasteiger partial charge < -0.3 is 5.32 Å². The Morgan fingerprint density at radius 2 is 1.43 bits per heavy atom. The zero-order valence-corrected chi connectivity index (χ0v) is 16.5. The summed E-state index contributed by atoms with van der Waals surface area (Å²) in [6.07, 6.45) is 1.77. The standard InChI is InChI=1S/C23H17ClN2OS/c24-19-13-11-16(12-14-19)20-15-25-23(28-20)26-22(27)21(17-7-3-1-4-8-17)18-9-5-2-6-10-18/h1-15,21H,(H,25,26,27). The van der Waals surface area contributed by atoms with Crippen LogP contribution in [-0.2, 0) is 4.79 Å². The van der Waals surface area contributed by atoms with E-state index in [2.05, 4.69) is 10.3 Å². The van der Waals surface area contributed by atoms with Crippen molar-refractivity contribution in [3.05, 3.63) is 107 Å². The van der Waals surface area contributed by atoms with Gasteiger partial charge in [0.05, 0.1) is 10.8 Å². The molecule has 0 unspecified atom stereocenters. The highest BCUT2D eigenvalue weighted by Crippen LogP contribution is 2.31. The van der Waals surface area contributed by atoms with Crippen molar-refractivity contribution in [2.45, 2.75) is 5.92 Å². The molecule has 0 saturated carbocycles. The Bertz CT molecular complexity index is 1020. The number of amides is 1. The second-order valence-electron chi connectivity index (χ2n) is 6.28. The minimum absolute atomic E-state index is 0.102. The number of nitrogens with one attached hydrogen (secondary N) is 1. The second-order valence-corrected chi connectivity index (χ2v) is 7.75. The fraction of sp³-hybridized carbons (Fsp3) is 0.0435. The van der Waals surface area contributed by atoms with Gasteiger partial charge in [-0.1, -0.05) is 95.7 Å². The number of aromatic nitrogens is 1. The summed E-state index contributed by atoms with van der Waals surface area (Å²) in [5.74, 6) is -0.500. The molecule has 0 radical (unpaired) electrons. The molecule has 1 N–H and O–H groups in total. The summed E-state index contributed by atoms with van der Waals surface area (Å²) < 4.78 is 0. The average Bonchev–Trinajstić information content (AvgIpc) is 3.19. The summed E-state index contributed by atoms with van der Waals surface area (Å²) >= 11 is 7.40. The van der Waals surface area contributed by atoms with Crippen molar-refractivity contribution in [3.8, 4) is 10.4 Å². The summed E-state index contributed by atoms with van der Waals surface area (Å²) in [5.41, 5.74) is 2.91. The maximum atomic E-state index is 13.1. The van der Waals surface area contributed by atoms with Gasteiger partial charge in [0.15, 0.2) is 5.13 Å². The first kappa shape index (κ1) is 18.4. The lowest BCUT2D eigenvalue weighted by Gasteiger charge is -2.17. The summed E-state index contributed by atoms with van der Waals surface area (Å²) in [7, 11) is 0. The second kappa shape index (κ2) is 8.38. The lowest BCUT2D eigenvalue weighted by Crippen LogP contribution is -2.22. The molecule has 0 bridgehead atoms. The highest BCUT2D eigenvalue weighted by atomic mass is 35.5. The summed E-state index contributed by atoms with van der Waals surface area (Å²) in [5, 5.41) is 4.25. The molecule has 0 spiro atoms. The van der Waals surface area contributed by atoms with Crippen LogP contribution in [0, 0.1) is 0 Å². The van der Waals surface area contributed by atoms with Crippen molar-refractivity contribution in [2.24, 2.45) is 0 Å². The van der Waals surface area contributed by atoms with E-state index in [1.54, 1.807) is 6.20 Å². The van der Waals surface area contributed by atoms with E-state index in [-0.39, 0.29) is 5.91 Å². The normalized spacial score (nSPS) is 10.8. The fourth-order valence-electron chi connectivity index (χ4n) is 3.04. The molecule has 3 nitrogen and oxygen atoms in total. The predicted octanol–water partition coefficient (Wildman–Crippen LogP) is 6.23. The van der Waals surface area contributed by atoms with Gasteiger partial charge in [-0.05, 0) is 28.8 Å². The van der Waals surface area contributed by atoms with E-state index in [9.17, 15) is 4.79 Å². The van der Waals surface area contributed by atoms with Crippen LogP contribution in [0.3, 0.4) is 0 Å². The monoisotopic (exact) mass is 404 g/mol. The number of hydrogen-bond donors (Lipinski definition) is 1. The third kappa shape index (κ3) is 4.14. The zero-order valence-electron chi connectivity index (χ0n) is 14.9. The number of benzene rings is 3. The van der Waals surface area contributed by atoms with Gasteiger partial charge in [-0.2, -0.15) is 0 Å². The van der Waals surface area contributed by atoms with Crippen molar-refractivity contribution in [1.82, 2.24) is 4.98 Å². The van der Waals surface area contributed by atoms with Crippen molar-refractivity contribution < 1.29 is 4.79 Å². The van der Waals surface area contributed by atoms with Crippen molar-refractivity contribution >= 4 is 34.0 Å². The Labute approximate surface area is 172 Å². The minimum Gasteiger partial charge on any atom is -0.301 e. The van der Waals surface area contributed by atoms with Crippen LogP contribution in [0.1, 0.15) is 17.0 Å². The molecular weight excluding hydrogens is 388 g/mol. The first-order chi connectivity index (χ1) is 13.7. The quantitative estimate of drug-likeness (QED) is 0.428. The Kier molecular flexibility index (Phi) is 5.51. The van der Waals surface area contributed by atoms with Crippen LogP contribution >= 0.6 is 22.9 Å². The lowest BCUT2D eigenvalue weighted by atomic mass is 9.90. The molecule has 0 aliphatic carbocycles. The van der Waals surface area contributed by atoms with Gasteiger partial charge >= 0.3 is 0 Å². The number of thiazole rings is 1. The Hall–Kier alpha value is -2.95. The molecule has 1 amide bonds. The van der Waals surface area contributed by atoms with Gasteiger partial charge in [0.1, 0.15) is 0 Å². The molecule has 1 heterocycles. The number of hydrogen-bond acceptors (Lipinski definition) is 3. The van der Waals surface area contributed by atoms with Crippen molar-refractivity contribution in [1.29, 1.82) is 0 Å². The smallest absolute Gasteiger partial charge is 0.238 e. The predicted molar refractivity (Wildman–Crippen MR) is 116 cm³/mol. The van der Waals surface area contributed by atoms with E-state index in [0.717, 1.165) is 21.6 Å². The highest BCUT2D eigenvalue weighted by molar-refractivity contribution is 7.19. The summed E-state index contributed by atoms with van der Waals surface area (Å²) in [6, 6.07) is 27.1. The van der Waals surface area contributed by atoms with Gasteiger partial charge in [-0.3, -0.25) is 4.79 Å². The number of anilines is 1. The van der Waals surface area contributed by atoms with E-state index in [1.165, 1.54) is 11.3 Å². The molecule has 1 aromatic heterocycles. The minimum atomic E-state index is -0.398. The van der Waals surface area contributed by atoms with E-state index < -0.39 is 5.92 Å². The molecule has 4 aromatic rings. The maximum absolute atomic E-state index is 13.1. The van der Waals surface area contributed by atoms with Crippen LogP contribution in [0.15, 0.2) is 91.1 Å². The molecule has 0 fully saturated rings. The Morgan fingerprint density at radius 1 is 0.857 bits per heavy atom. The van der Waals surface area contributed by atoms with E-state index in [1.807, 2.05) is 84.9 Å². The molecule has 3 aromatic carbocycles. The zero-order chi connectivity index (χ0) is 19.3. The SMILES string of the molecule is O=C(Nc1ncc(-c2ccc(Cl)cc2)s1)C(c1ccccc1)c1ccccc1. The number of carbonyl (C=O) groups is 1. The molecular formula is C23H17ClN2OS. The van der Waals surface area contributed by atoms with Crippen LogP contribution in [0.25, 0.3) is 10.4 Å². The lowest BCUT2D eigenvalue weighted by molar-refractivity contribution is -0.116. The fourth-order valence-corrected chi connectivity index (χ4v) is 3.99. The molecule has 4 rings (SSSR count). The van der Waals surface area contributed by atoms with Crippen LogP contribution in [0.5, 0.6) is 0 Å². The first-order valence-electron chi connectivity index (χ1n) is 8.83. The van der Waals surface area contributed by atoms with E-state index in [4.69, 9.17) is 11.6 Å². The average molecular weight is 405 g/mol. The Morgan fingerprint density at radius 3 is 2.00 bits per heavy atom. The third-order valence-electron chi connectivity index (χ3n) is 4.39. The van der Waals surface area contributed by atoms with Gasteiger partial charge in [-0.25, -0.2) is 4.98 Å². The van der Waals surface area contributed by atoms with Crippen LogP contribution in [-0.4, -0.2) is 10.9 Å². The van der Waals surface area contributed by atoms with Crippen LogP contribution in [0.4, 0.5) is 5.13 Å². The largest absolute Gasteiger partial charge is 0.301 e. The van der Waals surface area contributed by atoms with Gasteiger partial charge in [0, 0.05) is 11.2 Å². The molecule has 28 heavy (non-hydrogen) atoms. The van der Waals surface area contributed by atoms with E-state index in [0.29, 0.717) is 10.2 Å². The molecule has 0 atom stereocenters. The van der Waals surface area contributed by atoms with Crippen molar-refractivity contribution in [3.63, 3.8) is 0 Å². The van der Waals surface area contributed by atoms with Crippen molar-refractivity contribution in [2.75, 3.05) is 5.32 Å². The summed E-state index contributed by atoms with van der Waals surface area (Å²) in [4.78, 5) is 18.5. The number of halogens is 1. The third-order valence-corrected chi connectivity index (χ3v) is 5.61. The van der Waals surface area contributed by atoms with Gasteiger partial charge in [0.25, 0.3) is 0 Å². The summed E-state index contributed by atoms with van der Waals surface area (Å²) in [6.45, 7) is 0. The Balaban J connectivity index is 1.59. The topological polar surface area (TPSA) is 42.0 Å². The number of carbonyl (C=O) groups excluding carboxylic acids is 1. The van der Waals surface area contributed by atoms with Crippen LogP contribution in [0.2, 0.25) is 5.02 Å². The highest BCUT2D eigenvalue weighted by Gasteiger charge is 2.23. The van der Waals surface area contributed by atoms with Gasteiger partial charge in [0.2, 0.25) is 5.91 Å². The molecule has 5 heteroatoms. The number of nitrogens with zero attached hydrogens (tertiary/aromatic N) is 1. The maximum Gasteiger partial charge on any atom is 0.238 e. The first-order valence-corrected chi connectivity index (χ1v) is 10.0. The molecule has 138 valence electrons. The molecule has 0 saturated heterocycles. The van der Waals surface area contributed by atoms with E-state index >= 15 is 0 Å². The molecule has 0 aliphatic rings. The van der Waals surface area contributed by atoms with Crippen LogP contribution < -0.4 is 5.32 Å². The molecule has 0 aliphatic heterocycles.